The van der Waals surface area contributed by atoms with Crippen molar-refractivity contribution in [3.63, 3.8) is 0 Å². The topological polar surface area (TPSA) is 76.4 Å². The van der Waals surface area contributed by atoms with Crippen LogP contribution in [0.3, 0.4) is 0 Å². The van der Waals surface area contributed by atoms with Crippen LogP contribution in [0, 0.1) is 6.92 Å². The van der Waals surface area contributed by atoms with Gasteiger partial charge in [-0.25, -0.2) is 4.99 Å². The molecule has 0 unspecified atom stereocenters. The molecule has 0 atom stereocenters. The number of aryl methyl sites for hydroxylation is 2. The van der Waals surface area contributed by atoms with Crippen molar-refractivity contribution < 1.29 is 4.74 Å². The van der Waals surface area contributed by atoms with E-state index >= 15 is 0 Å². The minimum atomic E-state index is 0.575. The molecule has 2 heterocycles. The molecule has 0 radical (unpaired) electrons. The molecule has 158 valence electrons. The van der Waals surface area contributed by atoms with Gasteiger partial charge in [0.2, 0.25) is 0 Å². The number of aliphatic imine (C=N–C) groups is 1. The number of fused-ring (bicyclic) bond motifs is 1. The summed E-state index contributed by atoms with van der Waals surface area (Å²) < 4.78 is 8.08. The van der Waals surface area contributed by atoms with Gasteiger partial charge in [0.1, 0.15) is 17.4 Å². The zero-order chi connectivity index (χ0) is 20.5. The average molecular weight is 399 g/mol. The van der Waals surface area contributed by atoms with Crippen LogP contribution in [-0.4, -0.2) is 40.4 Å². The number of ether oxygens (including phenoxy) is 1. The predicted octanol–water partition coefficient (Wildman–Crippen LogP) is 3.01. The number of benzene rings is 1. The molecule has 29 heavy (non-hydrogen) atoms. The summed E-state index contributed by atoms with van der Waals surface area (Å²) in [5.41, 5.74) is 2.29. The van der Waals surface area contributed by atoms with Gasteiger partial charge in [-0.05, 0) is 45.2 Å². The lowest BCUT2D eigenvalue weighted by Gasteiger charge is -2.13. The molecule has 0 saturated heterocycles. The maximum absolute atomic E-state index is 5.78. The molecule has 1 aliphatic heterocycles. The predicted molar refractivity (Wildman–Crippen MR) is 116 cm³/mol. The van der Waals surface area contributed by atoms with E-state index in [0.717, 1.165) is 61.4 Å². The van der Waals surface area contributed by atoms with Gasteiger partial charge in [-0.15, -0.1) is 10.2 Å². The van der Waals surface area contributed by atoms with E-state index < -0.39 is 0 Å². The van der Waals surface area contributed by atoms with Crippen molar-refractivity contribution in [1.82, 2.24) is 25.4 Å². The summed E-state index contributed by atoms with van der Waals surface area (Å²) in [6.45, 7) is 10.0. The maximum atomic E-state index is 5.78. The smallest absolute Gasteiger partial charge is 0.191 e. The summed E-state index contributed by atoms with van der Waals surface area (Å²) in [4.78, 5) is 4.75. The zero-order valence-corrected chi connectivity index (χ0v) is 18.0. The van der Waals surface area contributed by atoms with Gasteiger partial charge in [0.05, 0.1) is 13.2 Å². The Morgan fingerprint density at radius 2 is 2.07 bits per heavy atom. The highest BCUT2D eigenvalue weighted by Gasteiger charge is 2.14. The fourth-order valence-corrected chi connectivity index (χ4v) is 3.61. The Balaban J connectivity index is 1.60. The quantitative estimate of drug-likeness (QED) is 0.528. The second kappa shape index (κ2) is 10.8. The van der Waals surface area contributed by atoms with Gasteiger partial charge in [0.15, 0.2) is 5.96 Å². The van der Waals surface area contributed by atoms with Crippen LogP contribution in [0.4, 0.5) is 0 Å². The van der Waals surface area contributed by atoms with Crippen LogP contribution >= 0.6 is 0 Å². The Morgan fingerprint density at radius 1 is 1.17 bits per heavy atom. The first-order chi connectivity index (χ1) is 14.2. The Morgan fingerprint density at radius 3 is 2.90 bits per heavy atom. The third kappa shape index (κ3) is 5.95. The Hall–Kier alpha value is -2.57. The van der Waals surface area contributed by atoms with Crippen molar-refractivity contribution in [3.8, 4) is 5.75 Å². The van der Waals surface area contributed by atoms with Gasteiger partial charge in [-0.1, -0.05) is 18.6 Å². The summed E-state index contributed by atoms with van der Waals surface area (Å²) in [7, 11) is 0. The molecule has 7 heteroatoms. The van der Waals surface area contributed by atoms with Gasteiger partial charge < -0.3 is 19.9 Å². The molecular weight excluding hydrogens is 364 g/mol. The van der Waals surface area contributed by atoms with Crippen LogP contribution in [0.1, 0.15) is 55.9 Å². The first-order valence-electron chi connectivity index (χ1n) is 10.9. The molecule has 7 nitrogen and oxygen atoms in total. The molecule has 0 amide bonds. The van der Waals surface area contributed by atoms with E-state index in [1.807, 2.05) is 6.92 Å². The lowest BCUT2D eigenvalue weighted by Crippen LogP contribution is -2.38. The summed E-state index contributed by atoms with van der Waals surface area (Å²) in [6, 6.07) is 6.27. The van der Waals surface area contributed by atoms with Crippen LogP contribution in [0.5, 0.6) is 5.75 Å². The molecule has 3 rings (SSSR count). The van der Waals surface area contributed by atoms with Crippen molar-refractivity contribution in [2.45, 2.75) is 66.0 Å². The minimum Gasteiger partial charge on any atom is -0.494 e. The molecule has 2 aromatic rings. The standard InChI is InChI=1S/C22H34N6O/c1-4-23-22(25-16-18-11-10-17(3)15-19(18)29-5-2)24-13-12-21-27-26-20-9-7-6-8-14-28(20)21/h10-11,15H,4-9,12-14,16H2,1-3H3,(H2,23,24,25). The SMILES string of the molecule is CCNC(=NCc1ccc(C)cc1OCC)NCCc1nnc2n1CCCCC2. The van der Waals surface area contributed by atoms with Crippen molar-refractivity contribution in [2.24, 2.45) is 4.99 Å². The van der Waals surface area contributed by atoms with Crippen molar-refractivity contribution in [2.75, 3.05) is 19.7 Å². The van der Waals surface area contributed by atoms with Crippen molar-refractivity contribution >= 4 is 5.96 Å². The molecule has 0 spiro atoms. The monoisotopic (exact) mass is 398 g/mol. The lowest BCUT2D eigenvalue weighted by molar-refractivity contribution is 0.336. The second-order valence-corrected chi connectivity index (χ2v) is 7.41. The van der Waals surface area contributed by atoms with Gasteiger partial charge in [0.25, 0.3) is 0 Å². The molecule has 0 bridgehead atoms. The normalized spacial score (nSPS) is 14.2. The number of nitrogens with one attached hydrogen (secondary N) is 2. The van der Waals surface area contributed by atoms with E-state index in [-0.39, 0.29) is 0 Å². The number of hydrogen-bond donors (Lipinski definition) is 2. The molecular formula is C22H34N6O. The summed E-state index contributed by atoms with van der Waals surface area (Å²) in [5, 5.41) is 15.6. The van der Waals surface area contributed by atoms with E-state index in [2.05, 4.69) is 57.4 Å². The van der Waals surface area contributed by atoms with E-state index in [9.17, 15) is 0 Å². The first kappa shape index (κ1) is 21.1. The van der Waals surface area contributed by atoms with Crippen LogP contribution < -0.4 is 15.4 Å². The molecule has 1 aromatic heterocycles. The number of hydrogen-bond acceptors (Lipinski definition) is 4. The minimum absolute atomic E-state index is 0.575. The van der Waals surface area contributed by atoms with E-state index in [0.29, 0.717) is 13.2 Å². The average Bonchev–Trinajstić information content (AvgIpc) is 2.94. The number of rotatable bonds is 8. The van der Waals surface area contributed by atoms with E-state index in [4.69, 9.17) is 9.73 Å². The molecule has 1 aromatic carbocycles. The largest absolute Gasteiger partial charge is 0.494 e. The van der Waals surface area contributed by atoms with Crippen molar-refractivity contribution in [3.05, 3.63) is 41.0 Å². The molecule has 0 saturated carbocycles. The second-order valence-electron chi connectivity index (χ2n) is 7.41. The third-order valence-corrected chi connectivity index (χ3v) is 5.10. The van der Waals surface area contributed by atoms with Crippen LogP contribution in [0.25, 0.3) is 0 Å². The molecule has 0 fully saturated rings. The number of nitrogens with zero attached hydrogens (tertiary/aromatic N) is 4. The Labute approximate surface area is 174 Å². The van der Waals surface area contributed by atoms with Crippen LogP contribution in [0.2, 0.25) is 0 Å². The number of aromatic nitrogens is 3. The highest BCUT2D eigenvalue weighted by atomic mass is 16.5. The highest BCUT2D eigenvalue weighted by molar-refractivity contribution is 5.79. The van der Waals surface area contributed by atoms with Gasteiger partial charge in [-0.3, -0.25) is 0 Å². The lowest BCUT2D eigenvalue weighted by atomic mass is 10.1. The van der Waals surface area contributed by atoms with Crippen LogP contribution in [-0.2, 0) is 25.9 Å². The van der Waals surface area contributed by atoms with Gasteiger partial charge >= 0.3 is 0 Å². The molecule has 1 aliphatic rings. The summed E-state index contributed by atoms with van der Waals surface area (Å²) in [5.74, 6) is 3.94. The van der Waals surface area contributed by atoms with Gasteiger partial charge in [0, 0.05) is 38.0 Å². The van der Waals surface area contributed by atoms with E-state index in [1.165, 1.54) is 24.8 Å². The maximum Gasteiger partial charge on any atom is 0.191 e. The Kier molecular flexibility index (Phi) is 7.90. The van der Waals surface area contributed by atoms with E-state index in [1.54, 1.807) is 0 Å². The first-order valence-corrected chi connectivity index (χ1v) is 10.9. The molecule has 0 aliphatic carbocycles. The Bertz CT molecular complexity index is 814. The fourth-order valence-electron chi connectivity index (χ4n) is 3.61. The zero-order valence-electron chi connectivity index (χ0n) is 18.0. The highest BCUT2D eigenvalue weighted by Crippen LogP contribution is 2.21. The fraction of sp³-hybridized carbons (Fsp3) is 0.591. The molecule has 2 N–H and O–H groups in total. The van der Waals surface area contributed by atoms with Crippen molar-refractivity contribution in [1.29, 1.82) is 0 Å². The summed E-state index contributed by atoms with van der Waals surface area (Å²) in [6.07, 6.45) is 5.60. The number of guanidine groups is 1. The summed E-state index contributed by atoms with van der Waals surface area (Å²) >= 11 is 0. The van der Waals surface area contributed by atoms with Gasteiger partial charge in [-0.2, -0.15) is 0 Å². The third-order valence-electron chi connectivity index (χ3n) is 5.10. The van der Waals surface area contributed by atoms with Crippen LogP contribution in [0.15, 0.2) is 23.2 Å².